The summed E-state index contributed by atoms with van der Waals surface area (Å²) in [5.41, 5.74) is 0.236. The summed E-state index contributed by atoms with van der Waals surface area (Å²) in [5, 5.41) is 14.3. The number of amides is 1. The topological polar surface area (TPSA) is 70.4 Å². The number of aryl methyl sites for hydroxylation is 1. The number of rotatable bonds is 5. The van der Waals surface area contributed by atoms with Crippen molar-refractivity contribution < 1.29 is 14.3 Å². The molecular weight excluding hydrogens is 395 g/mol. The Kier molecular flexibility index (Phi) is 5.89. The van der Waals surface area contributed by atoms with Crippen molar-refractivity contribution in [3.05, 3.63) is 89.8 Å². The van der Waals surface area contributed by atoms with Gasteiger partial charge in [0.1, 0.15) is 11.6 Å². The Bertz CT molecular complexity index is 1030. The van der Waals surface area contributed by atoms with E-state index in [1.807, 2.05) is 48.1 Å². The Balaban J connectivity index is 1.68. The molecule has 0 radical (unpaired) electrons. The molecule has 3 atom stereocenters. The number of benzene rings is 2. The summed E-state index contributed by atoms with van der Waals surface area (Å²) >= 11 is 0. The predicted molar refractivity (Wildman–Crippen MR) is 116 cm³/mol. The van der Waals surface area contributed by atoms with E-state index in [0.29, 0.717) is 25.1 Å². The molecular formula is C24H27FN4O2. The maximum atomic E-state index is 13.3. The van der Waals surface area contributed by atoms with Crippen LogP contribution in [0.1, 0.15) is 41.1 Å². The summed E-state index contributed by atoms with van der Waals surface area (Å²) in [4.78, 5) is 19.7. The fourth-order valence-corrected chi connectivity index (χ4v) is 4.24. The summed E-state index contributed by atoms with van der Waals surface area (Å²) in [5.74, 6) is 0.167. The van der Waals surface area contributed by atoms with Crippen LogP contribution in [0.3, 0.4) is 0 Å². The first-order valence-corrected chi connectivity index (χ1v) is 10.4. The maximum absolute atomic E-state index is 13.3. The van der Waals surface area contributed by atoms with Crippen LogP contribution >= 0.6 is 0 Å². The van der Waals surface area contributed by atoms with Crippen molar-refractivity contribution in [3.8, 4) is 0 Å². The number of aromatic nitrogens is 2. The molecule has 162 valence electrons. The van der Waals surface area contributed by atoms with Crippen LogP contribution in [0.25, 0.3) is 0 Å². The quantitative estimate of drug-likeness (QED) is 0.663. The molecule has 0 unspecified atom stereocenters. The number of carbonyl (C=O) groups is 1. The normalized spacial score (nSPS) is 24.1. The molecule has 0 aliphatic carbocycles. The third-order valence-electron chi connectivity index (χ3n) is 6.08. The number of nitrogens with zero attached hydrogens (tertiary/aromatic N) is 3. The molecule has 1 saturated heterocycles. The van der Waals surface area contributed by atoms with Gasteiger partial charge in [0.25, 0.3) is 5.91 Å². The van der Waals surface area contributed by atoms with E-state index >= 15 is 0 Å². The first-order valence-electron chi connectivity index (χ1n) is 10.4. The Hall–Kier alpha value is -3.03. The Morgan fingerprint density at radius 3 is 2.58 bits per heavy atom. The fraction of sp³-hybridized carbons (Fsp3) is 0.333. The van der Waals surface area contributed by atoms with Gasteiger partial charge in [-0.25, -0.2) is 9.37 Å². The Morgan fingerprint density at radius 1 is 1.23 bits per heavy atom. The van der Waals surface area contributed by atoms with Crippen LogP contribution in [0, 0.1) is 5.82 Å². The molecule has 0 spiro atoms. The number of hydrogen-bond donors (Lipinski definition) is 2. The number of aliphatic hydroxyl groups is 1. The van der Waals surface area contributed by atoms with Gasteiger partial charge in [-0.05, 0) is 43.2 Å². The molecule has 1 fully saturated rings. The van der Waals surface area contributed by atoms with Crippen molar-refractivity contribution in [2.45, 2.75) is 37.6 Å². The number of carbonyl (C=O) groups excluding carboxylic acids is 1. The SMILES string of the molecule is Cn1ccnc1CN1CC[C@@](C)(O)[C@@H](NC(=O)c2ccc(F)cc2)[C@@H]1c1ccccc1. The van der Waals surface area contributed by atoms with Crippen LogP contribution in [-0.4, -0.2) is 43.7 Å². The van der Waals surface area contributed by atoms with E-state index in [9.17, 15) is 14.3 Å². The van der Waals surface area contributed by atoms with Gasteiger partial charge in [0.2, 0.25) is 0 Å². The molecule has 4 rings (SSSR count). The van der Waals surface area contributed by atoms with E-state index in [2.05, 4.69) is 15.2 Å². The monoisotopic (exact) mass is 422 g/mol. The fourth-order valence-electron chi connectivity index (χ4n) is 4.24. The van der Waals surface area contributed by atoms with Gasteiger partial charge >= 0.3 is 0 Å². The lowest BCUT2D eigenvalue weighted by molar-refractivity contribution is -0.0672. The summed E-state index contributed by atoms with van der Waals surface area (Å²) < 4.78 is 15.3. The highest BCUT2D eigenvalue weighted by Gasteiger charge is 2.46. The van der Waals surface area contributed by atoms with Gasteiger partial charge in [0.15, 0.2) is 0 Å². The minimum Gasteiger partial charge on any atom is -0.388 e. The molecule has 1 amide bonds. The zero-order valence-corrected chi connectivity index (χ0v) is 17.7. The molecule has 1 aromatic heterocycles. The van der Waals surface area contributed by atoms with E-state index in [0.717, 1.165) is 11.4 Å². The lowest BCUT2D eigenvalue weighted by Gasteiger charge is -2.49. The van der Waals surface area contributed by atoms with E-state index in [1.165, 1.54) is 24.3 Å². The lowest BCUT2D eigenvalue weighted by Crippen LogP contribution is -2.62. The van der Waals surface area contributed by atoms with Crippen molar-refractivity contribution in [2.75, 3.05) is 6.54 Å². The second kappa shape index (κ2) is 8.61. The van der Waals surface area contributed by atoms with Gasteiger partial charge in [0.05, 0.1) is 24.2 Å². The molecule has 2 aromatic carbocycles. The van der Waals surface area contributed by atoms with Gasteiger partial charge in [-0.3, -0.25) is 9.69 Å². The summed E-state index contributed by atoms with van der Waals surface area (Å²) in [6.07, 6.45) is 4.16. The highest BCUT2D eigenvalue weighted by molar-refractivity contribution is 5.94. The van der Waals surface area contributed by atoms with E-state index in [-0.39, 0.29) is 11.9 Å². The Labute approximate surface area is 181 Å². The molecule has 2 N–H and O–H groups in total. The number of likely N-dealkylation sites (tertiary alicyclic amines) is 1. The third kappa shape index (κ3) is 4.52. The second-order valence-electron chi connectivity index (χ2n) is 8.35. The van der Waals surface area contributed by atoms with Crippen LogP contribution in [0.4, 0.5) is 4.39 Å². The van der Waals surface area contributed by atoms with E-state index in [4.69, 9.17) is 0 Å². The van der Waals surface area contributed by atoms with Gasteiger partial charge < -0.3 is 15.0 Å². The van der Waals surface area contributed by atoms with Crippen molar-refractivity contribution in [3.63, 3.8) is 0 Å². The summed E-state index contributed by atoms with van der Waals surface area (Å²) in [6.45, 7) is 3.00. The van der Waals surface area contributed by atoms with E-state index in [1.54, 1.807) is 13.1 Å². The van der Waals surface area contributed by atoms with Gasteiger partial charge in [0, 0.05) is 31.5 Å². The molecule has 6 nitrogen and oxygen atoms in total. The van der Waals surface area contributed by atoms with Crippen LogP contribution in [0.15, 0.2) is 67.0 Å². The van der Waals surface area contributed by atoms with Crippen LogP contribution in [0.5, 0.6) is 0 Å². The smallest absolute Gasteiger partial charge is 0.251 e. The number of nitrogens with one attached hydrogen (secondary N) is 1. The highest BCUT2D eigenvalue weighted by Crippen LogP contribution is 2.38. The minimum atomic E-state index is -1.12. The van der Waals surface area contributed by atoms with Crippen molar-refractivity contribution in [1.29, 1.82) is 0 Å². The van der Waals surface area contributed by atoms with Gasteiger partial charge in [-0.2, -0.15) is 0 Å². The van der Waals surface area contributed by atoms with Gasteiger partial charge in [-0.15, -0.1) is 0 Å². The molecule has 0 bridgehead atoms. The number of hydrogen-bond acceptors (Lipinski definition) is 4. The van der Waals surface area contributed by atoms with E-state index < -0.39 is 17.5 Å². The number of halogens is 1. The zero-order valence-electron chi connectivity index (χ0n) is 17.7. The number of piperidine rings is 1. The Morgan fingerprint density at radius 2 is 1.94 bits per heavy atom. The molecule has 2 heterocycles. The van der Waals surface area contributed by atoms with Crippen LogP contribution in [0.2, 0.25) is 0 Å². The molecule has 3 aromatic rings. The molecule has 0 saturated carbocycles. The molecule has 7 heteroatoms. The maximum Gasteiger partial charge on any atom is 0.251 e. The molecule has 31 heavy (non-hydrogen) atoms. The average molecular weight is 423 g/mol. The van der Waals surface area contributed by atoms with Gasteiger partial charge in [-0.1, -0.05) is 30.3 Å². The molecule has 1 aliphatic heterocycles. The first kappa shape index (κ1) is 21.2. The minimum absolute atomic E-state index is 0.258. The van der Waals surface area contributed by atoms with Crippen LogP contribution in [-0.2, 0) is 13.6 Å². The summed E-state index contributed by atoms with van der Waals surface area (Å²) in [6, 6.07) is 14.5. The number of imidazole rings is 1. The lowest BCUT2D eigenvalue weighted by atomic mass is 9.79. The summed E-state index contributed by atoms with van der Waals surface area (Å²) in [7, 11) is 1.95. The predicted octanol–water partition coefficient (Wildman–Crippen LogP) is 3.06. The van der Waals surface area contributed by atoms with Crippen LogP contribution < -0.4 is 5.32 Å². The average Bonchev–Trinajstić information content (AvgIpc) is 3.16. The standard InChI is InChI=1S/C24H27FN4O2/c1-24(31)12-14-29(16-20-26-13-15-28(20)2)21(17-6-4-3-5-7-17)22(24)27-23(30)18-8-10-19(25)11-9-18/h3-11,13,15,21-22,31H,12,14,16H2,1-2H3,(H,27,30)/t21-,22-,24+/m0/s1. The molecule has 1 aliphatic rings. The van der Waals surface area contributed by atoms with Crippen molar-refractivity contribution in [2.24, 2.45) is 7.05 Å². The second-order valence-corrected chi connectivity index (χ2v) is 8.35. The largest absolute Gasteiger partial charge is 0.388 e. The zero-order chi connectivity index (χ0) is 22.0. The first-order chi connectivity index (χ1) is 14.8. The van der Waals surface area contributed by atoms with Crippen molar-refractivity contribution >= 4 is 5.91 Å². The highest BCUT2D eigenvalue weighted by atomic mass is 19.1. The third-order valence-corrected chi connectivity index (χ3v) is 6.08. The van der Waals surface area contributed by atoms with Crippen molar-refractivity contribution in [1.82, 2.24) is 19.8 Å².